The van der Waals surface area contributed by atoms with Crippen LogP contribution in [0, 0.1) is 12.7 Å². The summed E-state index contributed by atoms with van der Waals surface area (Å²) in [5, 5.41) is 0. The van der Waals surface area contributed by atoms with E-state index in [1.807, 2.05) is 71.2 Å². The van der Waals surface area contributed by atoms with Crippen molar-refractivity contribution in [1.29, 1.82) is 0 Å². The number of methoxy groups -OCH3 is 1. The highest BCUT2D eigenvalue weighted by Crippen LogP contribution is 2.40. The van der Waals surface area contributed by atoms with Crippen molar-refractivity contribution in [3.8, 4) is 28.1 Å². The van der Waals surface area contributed by atoms with Crippen LogP contribution in [-0.2, 0) is 19.0 Å². The number of aromatic nitrogens is 2. The van der Waals surface area contributed by atoms with Gasteiger partial charge in [-0.2, -0.15) is 0 Å². The number of benzene rings is 2. The average molecular weight is 656 g/mol. The molecule has 48 heavy (non-hydrogen) atoms. The van der Waals surface area contributed by atoms with Gasteiger partial charge in [-0.05, 0) is 89.8 Å². The normalized spacial score (nSPS) is 21.4. The Hall–Kier alpha value is -4.21. The van der Waals surface area contributed by atoms with Gasteiger partial charge < -0.3 is 23.8 Å². The molecule has 2 aromatic heterocycles. The molecule has 0 amide bonds. The lowest BCUT2D eigenvalue weighted by molar-refractivity contribution is -0.164. The monoisotopic (exact) mass is 655 g/mol. The van der Waals surface area contributed by atoms with Crippen LogP contribution in [0.1, 0.15) is 71.1 Å². The minimum atomic E-state index is -0.942. The molecule has 3 aliphatic rings. The Morgan fingerprint density at radius 2 is 1.83 bits per heavy atom. The Labute approximate surface area is 282 Å². The highest BCUT2D eigenvalue weighted by atomic mass is 19.1. The number of hydrogen-bond donors (Lipinski definition) is 0. The fourth-order valence-electron chi connectivity index (χ4n) is 6.60. The molecule has 0 aliphatic carbocycles. The van der Waals surface area contributed by atoms with Crippen molar-refractivity contribution in [2.45, 2.75) is 84.2 Å². The van der Waals surface area contributed by atoms with E-state index in [9.17, 15) is 9.18 Å². The van der Waals surface area contributed by atoms with Crippen LogP contribution in [-0.4, -0.2) is 59.5 Å². The fourth-order valence-corrected chi connectivity index (χ4v) is 6.60. The number of ether oxygens (including phenoxy) is 4. The van der Waals surface area contributed by atoms with Gasteiger partial charge in [0.15, 0.2) is 6.10 Å². The molecular weight excluding hydrogens is 609 g/mol. The first-order valence-corrected chi connectivity index (χ1v) is 16.7. The van der Waals surface area contributed by atoms with Gasteiger partial charge in [0.1, 0.15) is 23.0 Å². The Morgan fingerprint density at radius 3 is 2.56 bits per heavy atom. The Kier molecular flexibility index (Phi) is 9.37. The molecule has 6 bridgehead atoms. The highest BCUT2D eigenvalue weighted by molar-refractivity contribution is 5.81. The van der Waals surface area contributed by atoms with Crippen LogP contribution >= 0.6 is 0 Å². The van der Waals surface area contributed by atoms with Gasteiger partial charge in [0, 0.05) is 48.5 Å². The number of carbonyl (C=O) groups excluding carboxylic acids is 1. The number of piperidine rings is 1. The van der Waals surface area contributed by atoms with Crippen LogP contribution in [0.3, 0.4) is 0 Å². The zero-order chi connectivity index (χ0) is 34.2. The summed E-state index contributed by atoms with van der Waals surface area (Å²) in [5.41, 5.74) is 4.84. The Bertz CT molecular complexity index is 1830. The van der Waals surface area contributed by atoms with Crippen LogP contribution in [0.25, 0.3) is 28.0 Å². The lowest BCUT2D eigenvalue weighted by Crippen LogP contribution is -2.45. The Morgan fingerprint density at radius 1 is 1.08 bits per heavy atom. The summed E-state index contributed by atoms with van der Waals surface area (Å²) < 4.78 is 41.0. The number of hydrogen-bond acceptors (Lipinski definition) is 7. The number of halogens is 1. The van der Waals surface area contributed by atoms with Gasteiger partial charge in [-0.25, -0.2) is 14.2 Å². The molecule has 254 valence electrons. The third-order valence-corrected chi connectivity index (χ3v) is 9.15. The van der Waals surface area contributed by atoms with E-state index in [-0.39, 0.29) is 17.5 Å². The van der Waals surface area contributed by atoms with E-state index in [2.05, 4.69) is 28.4 Å². The van der Waals surface area contributed by atoms with Gasteiger partial charge in [-0.3, -0.25) is 4.40 Å². The summed E-state index contributed by atoms with van der Waals surface area (Å²) in [6, 6.07) is 14.7. The number of fused-ring (bicyclic) bond motifs is 7. The number of aryl methyl sites for hydroxylation is 1. The number of imidazole rings is 1. The summed E-state index contributed by atoms with van der Waals surface area (Å²) in [6.45, 7) is 13.9. The van der Waals surface area contributed by atoms with Crippen molar-refractivity contribution >= 4 is 17.4 Å². The van der Waals surface area contributed by atoms with E-state index in [0.717, 1.165) is 70.9 Å². The molecule has 1 fully saturated rings. The standard InChI is InChI=1S/C39H46FN3O5/c1-25-21-33-41-31-24-43(33)36(34(25)35(37(44)45-7)48-38(3,4)5)42-18-16-39(6,17-19-42)46-20-9-8-11-26(2)47-32-23-29(40)14-15-30(32)27-12-10-13-28(31)22-27/h8-10,12-15,21-24,26,35H,11,16-20H2,1-7H3/b9-8-/t26-,35-/m0/s1. The van der Waals surface area contributed by atoms with Crippen molar-refractivity contribution in [3.05, 3.63) is 83.8 Å². The SMILES string of the molecule is COC(=O)[C@@H](OC(C)(C)C)c1c(C)cc2nc3cn2c1N1CCC(C)(CC1)OC/C=C\C[C@H](C)Oc1cc(F)ccc1-c1cccc-3c1. The van der Waals surface area contributed by atoms with E-state index in [0.29, 0.717) is 18.8 Å². The smallest absolute Gasteiger partial charge is 0.339 e. The maximum absolute atomic E-state index is 14.5. The van der Waals surface area contributed by atoms with E-state index in [1.165, 1.54) is 19.2 Å². The molecule has 2 atom stereocenters. The molecule has 0 radical (unpaired) electrons. The van der Waals surface area contributed by atoms with Gasteiger partial charge in [-0.1, -0.05) is 30.4 Å². The van der Waals surface area contributed by atoms with Crippen LogP contribution in [0.15, 0.2) is 66.9 Å². The van der Waals surface area contributed by atoms with Crippen molar-refractivity contribution in [2.75, 3.05) is 31.7 Å². The summed E-state index contributed by atoms with van der Waals surface area (Å²) in [6.07, 6.45) is 7.26. The summed E-state index contributed by atoms with van der Waals surface area (Å²) >= 11 is 0. The Balaban J connectivity index is 1.55. The lowest BCUT2D eigenvalue weighted by atomic mass is 9.92. The predicted octanol–water partition coefficient (Wildman–Crippen LogP) is 8.25. The van der Waals surface area contributed by atoms with E-state index < -0.39 is 17.7 Å². The molecule has 7 rings (SSSR count). The predicted molar refractivity (Wildman–Crippen MR) is 186 cm³/mol. The second kappa shape index (κ2) is 13.4. The molecule has 1 saturated heterocycles. The third-order valence-electron chi connectivity index (χ3n) is 9.15. The third kappa shape index (κ3) is 7.12. The van der Waals surface area contributed by atoms with Gasteiger partial charge >= 0.3 is 5.97 Å². The molecule has 0 N–H and O–H groups in total. The van der Waals surface area contributed by atoms with Crippen molar-refractivity contribution in [2.24, 2.45) is 0 Å². The number of rotatable bonds is 3. The molecule has 8 nitrogen and oxygen atoms in total. The van der Waals surface area contributed by atoms with Gasteiger partial charge in [0.25, 0.3) is 0 Å². The van der Waals surface area contributed by atoms with Crippen LogP contribution in [0.4, 0.5) is 10.2 Å². The minimum absolute atomic E-state index is 0.167. The maximum atomic E-state index is 14.5. The highest BCUT2D eigenvalue weighted by Gasteiger charge is 2.37. The van der Waals surface area contributed by atoms with E-state index in [4.69, 9.17) is 23.9 Å². The second-order valence-corrected chi connectivity index (χ2v) is 14.2. The summed E-state index contributed by atoms with van der Waals surface area (Å²) in [5.74, 6) is 0.543. The molecule has 2 aromatic carbocycles. The topological polar surface area (TPSA) is 74.5 Å². The van der Waals surface area contributed by atoms with E-state index >= 15 is 0 Å². The second-order valence-electron chi connectivity index (χ2n) is 14.2. The first-order valence-electron chi connectivity index (χ1n) is 16.7. The van der Waals surface area contributed by atoms with E-state index in [1.54, 1.807) is 6.07 Å². The zero-order valence-corrected chi connectivity index (χ0v) is 29.0. The number of carbonyl (C=O) groups is 1. The van der Waals surface area contributed by atoms with Gasteiger partial charge in [0.05, 0.1) is 36.7 Å². The van der Waals surface area contributed by atoms with Gasteiger partial charge in [0.2, 0.25) is 0 Å². The minimum Gasteiger partial charge on any atom is -0.490 e. The summed E-state index contributed by atoms with van der Waals surface area (Å²) in [7, 11) is 1.40. The average Bonchev–Trinajstić information content (AvgIpc) is 3.46. The molecule has 5 heterocycles. The summed E-state index contributed by atoms with van der Waals surface area (Å²) in [4.78, 5) is 20.8. The van der Waals surface area contributed by atoms with Crippen molar-refractivity contribution in [3.63, 3.8) is 0 Å². The molecule has 4 aromatic rings. The van der Waals surface area contributed by atoms with Gasteiger partial charge in [-0.15, -0.1) is 0 Å². The number of pyridine rings is 1. The molecule has 0 spiro atoms. The zero-order valence-electron chi connectivity index (χ0n) is 29.0. The van der Waals surface area contributed by atoms with Crippen LogP contribution in [0.2, 0.25) is 0 Å². The maximum Gasteiger partial charge on any atom is 0.339 e. The molecular formula is C39H46FN3O5. The molecule has 9 heteroatoms. The first-order chi connectivity index (χ1) is 22.8. The molecule has 0 saturated carbocycles. The molecule has 3 aliphatic heterocycles. The largest absolute Gasteiger partial charge is 0.490 e. The quantitative estimate of drug-likeness (QED) is 0.163. The number of esters is 1. The van der Waals surface area contributed by atoms with Crippen LogP contribution < -0.4 is 9.64 Å². The fraction of sp³-hybridized carbons (Fsp3) is 0.436. The van der Waals surface area contributed by atoms with Crippen LogP contribution in [0.5, 0.6) is 5.75 Å². The molecule has 0 unspecified atom stereocenters. The first kappa shape index (κ1) is 33.7. The number of nitrogens with zero attached hydrogens (tertiary/aromatic N) is 3. The lowest BCUT2D eigenvalue weighted by Gasteiger charge is -2.41. The van der Waals surface area contributed by atoms with Crippen molar-refractivity contribution < 1.29 is 28.1 Å². The van der Waals surface area contributed by atoms with Crippen molar-refractivity contribution in [1.82, 2.24) is 9.38 Å². The number of anilines is 1.